The molecule has 0 fully saturated rings. The topological polar surface area (TPSA) is 34.0 Å². The summed E-state index contributed by atoms with van der Waals surface area (Å²) in [5.41, 5.74) is 1.76. The summed E-state index contributed by atoms with van der Waals surface area (Å²) in [6.07, 6.45) is 2.04. The van der Waals surface area contributed by atoms with Gasteiger partial charge in [0.05, 0.1) is 0 Å². The van der Waals surface area contributed by atoms with E-state index in [1.54, 1.807) is 24.3 Å². The smallest absolute Gasteiger partial charge is 0.251 e. The first-order valence-corrected chi connectivity index (χ1v) is 7.19. The van der Waals surface area contributed by atoms with E-state index in [2.05, 4.69) is 28.1 Å². The minimum atomic E-state index is -0.103. The zero-order valence-electron chi connectivity index (χ0n) is 11.4. The van der Waals surface area contributed by atoms with E-state index < -0.39 is 0 Å². The molecule has 0 aliphatic rings. The van der Waals surface area contributed by atoms with Crippen molar-refractivity contribution in [1.29, 1.82) is 0 Å². The van der Waals surface area contributed by atoms with Crippen molar-refractivity contribution in [2.45, 2.75) is 6.54 Å². The lowest BCUT2D eigenvalue weighted by Gasteiger charge is -2.08. The predicted octanol–water partition coefficient (Wildman–Crippen LogP) is 3.72. The Hall–Kier alpha value is -2.26. The zero-order valence-corrected chi connectivity index (χ0v) is 12.2. The second kappa shape index (κ2) is 6.02. The van der Waals surface area contributed by atoms with Gasteiger partial charge in [-0.1, -0.05) is 35.9 Å². The number of nitrogens with zero attached hydrogens (tertiary/aromatic N) is 1. The van der Waals surface area contributed by atoms with E-state index in [4.69, 9.17) is 11.6 Å². The van der Waals surface area contributed by atoms with Gasteiger partial charge in [-0.2, -0.15) is 0 Å². The van der Waals surface area contributed by atoms with Crippen molar-refractivity contribution in [3.63, 3.8) is 0 Å². The Bertz CT molecular complexity index is 779. The van der Waals surface area contributed by atoms with Crippen LogP contribution in [0, 0.1) is 0 Å². The van der Waals surface area contributed by atoms with Crippen LogP contribution in [0.4, 0.5) is 0 Å². The van der Waals surface area contributed by atoms with Crippen molar-refractivity contribution in [3.05, 3.63) is 71.4 Å². The fraction of sp³-hybridized carbons (Fsp3) is 0.118. The SMILES string of the molecule is O=C(NCCn1ccc2ccccc21)c1cccc(Cl)c1. The van der Waals surface area contributed by atoms with Crippen LogP contribution in [0.5, 0.6) is 0 Å². The second-order valence-corrected chi connectivity index (χ2v) is 5.27. The van der Waals surface area contributed by atoms with Gasteiger partial charge < -0.3 is 9.88 Å². The Morgan fingerprint density at radius 2 is 1.95 bits per heavy atom. The zero-order chi connectivity index (χ0) is 14.7. The number of rotatable bonds is 4. The van der Waals surface area contributed by atoms with Crippen molar-refractivity contribution < 1.29 is 4.79 Å². The standard InChI is InChI=1S/C17H15ClN2O/c18-15-6-3-5-14(12-15)17(21)19-9-11-20-10-8-13-4-1-2-7-16(13)20/h1-8,10,12H,9,11H2,(H,19,21). The van der Waals surface area contributed by atoms with Crippen LogP contribution in [-0.2, 0) is 6.54 Å². The summed E-state index contributed by atoms with van der Waals surface area (Å²) in [6, 6.07) is 17.2. The first-order valence-electron chi connectivity index (χ1n) is 6.82. The Morgan fingerprint density at radius 1 is 1.10 bits per heavy atom. The minimum Gasteiger partial charge on any atom is -0.350 e. The lowest BCUT2D eigenvalue weighted by molar-refractivity contribution is 0.0952. The molecule has 1 amide bonds. The third-order valence-electron chi connectivity index (χ3n) is 3.41. The molecule has 1 heterocycles. The molecule has 0 radical (unpaired) electrons. The summed E-state index contributed by atoms with van der Waals surface area (Å²) in [5.74, 6) is -0.103. The van der Waals surface area contributed by atoms with Crippen LogP contribution in [-0.4, -0.2) is 17.0 Å². The number of para-hydroxylation sites is 1. The molecule has 3 nitrogen and oxygen atoms in total. The molecule has 0 aliphatic carbocycles. The number of amides is 1. The largest absolute Gasteiger partial charge is 0.350 e. The van der Waals surface area contributed by atoms with Crippen molar-refractivity contribution in [1.82, 2.24) is 9.88 Å². The molecule has 0 spiro atoms. The fourth-order valence-electron chi connectivity index (χ4n) is 2.36. The molecular formula is C17H15ClN2O. The van der Waals surface area contributed by atoms with Crippen LogP contribution in [0.25, 0.3) is 10.9 Å². The average molecular weight is 299 g/mol. The van der Waals surface area contributed by atoms with Gasteiger partial charge in [-0.15, -0.1) is 0 Å². The molecule has 4 heteroatoms. The molecule has 2 aromatic carbocycles. The summed E-state index contributed by atoms with van der Waals surface area (Å²) in [5, 5.41) is 4.69. The van der Waals surface area contributed by atoms with Gasteiger partial charge in [0.15, 0.2) is 0 Å². The van der Waals surface area contributed by atoms with Crippen LogP contribution in [0.2, 0.25) is 5.02 Å². The number of carbonyl (C=O) groups is 1. The van der Waals surface area contributed by atoms with Crippen molar-refractivity contribution in [3.8, 4) is 0 Å². The molecule has 1 N–H and O–H groups in total. The van der Waals surface area contributed by atoms with Crippen LogP contribution >= 0.6 is 11.6 Å². The number of hydrogen-bond donors (Lipinski definition) is 1. The summed E-state index contributed by atoms with van der Waals surface area (Å²) in [7, 11) is 0. The van der Waals surface area contributed by atoms with Crippen LogP contribution < -0.4 is 5.32 Å². The van der Waals surface area contributed by atoms with E-state index in [1.807, 2.05) is 18.3 Å². The molecule has 21 heavy (non-hydrogen) atoms. The van der Waals surface area contributed by atoms with E-state index in [-0.39, 0.29) is 5.91 Å². The maximum atomic E-state index is 12.0. The lowest BCUT2D eigenvalue weighted by Crippen LogP contribution is -2.27. The average Bonchev–Trinajstić information content (AvgIpc) is 2.91. The highest BCUT2D eigenvalue weighted by molar-refractivity contribution is 6.30. The maximum absolute atomic E-state index is 12.0. The molecule has 106 valence electrons. The Morgan fingerprint density at radius 3 is 2.81 bits per heavy atom. The van der Waals surface area contributed by atoms with Crippen LogP contribution in [0.1, 0.15) is 10.4 Å². The molecule has 0 saturated heterocycles. The van der Waals surface area contributed by atoms with Crippen LogP contribution in [0.3, 0.4) is 0 Å². The number of nitrogens with one attached hydrogen (secondary N) is 1. The molecule has 0 bridgehead atoms. The second-order valence-electron chi connectivity index (χ2n) is 4.83. The van der Waals surface area contributed by atoms with Gasteiger partial charge in [0, 0.05) is 35.4 Å². The molecule has 0 saturated carbocycles. The van der Waals surface area contributed by atoms with Gasteiger partial charge in [0.25, 0.3) is 5.91 Å². The summed E-state index contributed by atoms with van der Waals surface area (Å²) in [6.45, 7) is 1.31. The fourth-order valence-corrected chi connectivity index (χ4v) is 2.55. The quantitative estimate of drug-likeness (QED) is 0.782. The van der Waals surface area contributed by atoms with Crippen molar-refractivity contribution in [2.75, 3.05) is 6.54 Å². The number of hydrogen-bond acceptors (Lipinski definition) is 1. The van der Waals surface area contributed by atoms with E-state index in [0.29, 0.717) is 17.1 Å². The Labute approximate surface area is 128 Å². The van der Waals surface area contributed by atoms with Crippen molar-refractivity contribution >= 4 is 28.4 Å². The molecule has 3 aromatic rings. The number of benzene rings is 2. The highest BCUT2D eigenvalue weighted by atomic mass is 35.5. The number of fused-ring (bicyclic) bond motifs is 1. The van der Waals surface area contributed by atoms with Gasteiger partial charge in [-0.05, 0) is 35.7 Å². The number of aromatic nitrogens is 1. The van der Waals surface area contributed by atoms with Crippen molar-refractivity contribution in [2.24, 2.45) is 0 Å². The van der Waals surface area contributed by atoms with E-state index >= 15 is 0 Å². The summed E-state index contributed by atoms with van der Waals surface area (Å²) in [4.78, 5) is 12.0. The summed E-state index contributed by atoms with van der Waals surface area (Å²) >= 11 is 5.89. The van der Waals surface area contributed by atoms with Gasteiger partial charge >= 0.3 is 0 Å². The van der Waals surface area contributed by atoms with Gasteiger partial charge in [0.1, 0.15) is 0 Å². The van der Waals surface area contributed by atoms with Gasteiger partial charge in [-0.3, -0.25) is 4.79 Å². The molecule has 0 aliphatic heterocycles. The normalized spacial score (nSPS) is 10.7. The highest BCUT2D eigenvalue weighted by Gasteiger charge is 2.05. The third-order valence-corrected chi connectivity index (χ3v) is 3.64. The summed E-state index contributed by atoms with van der Waals surface area (Å²) < 4.78 is 2.13. The molecule has 1 aromatic heterocycles. The Balaban J connectivity index is 1.62. The lowest BCUT2D eigenvalue weighted by atomic mass is 10.2. The monoisotopic (exact) mass is 298 g/mol. The molecule has 0 atom stereocenters. The third kappa shape index (κ3) is 3.09. The highest BCUT2D eigenvalue weighted by Crippen LogP contribution is 2.14. The number of carbonyl (C=O) groups excluding carboxylic acids is 1. The molecule has 3 rings (SSSR count). The van der Waals surface area contributed by atoms with Gasteiger partial charge in [-0.25, -0.2) is 0 Å². The minimum absolute atomic E-state index is 0.103. The Kier molecular flexibility index (Phi) is 3.93. The van der Waals surface area contributed by atoms with Crippen LogP contribution in [0.15, 0.2) is 60.8 Å². The van der Waals surface area contributed by atoms with E-state index in [9.17, 15) is 4.79 Å². The first-order chi connectivity index (χ1) is 10.2. The predicted molar refractivity (Wildman–Crippen MR) is 85.7 cm³/mol. The first kappa shape index (κ1) is 13.7. The van der Waals surface area contributed by atoms with E-state index in [1.165, 1.54) is 10.9 Å². The van der Waals surface area contributed by atoms with Gasteiger partial charge in [0.2, 0.25) is 0 Å². The molecular weight excluding hydrogens is 284 g/mol. The number of halogens is 1. The molecule has 0 unspecified atom stereocenters. The maximum Gasteiger partial charge on any atom is 0.251 e. The van der Waals surface area contributed by atoms with E-state index in [0.717, 1.165) is 6.54 Å².